The number of nitriles is 1. The SMILES string of the molecule is C=COCC=CC#N. The van der Waals surface area contributed by atoms with E-state index in [1.165, 1.54) is 12.3 Å². The van der Waals surface area contributed by atoms with Gasteiger partial charge in [-0.25, -0.2) is 0 Å². The van der Waals surface area contributed by atoms with E-state index in [1.54, 1.807) is 6.08 Å². The smallest absolute Gasteiger partial charge is 0.106 e. The van der Waals surface area contributed by atoms with Crippen LogP contribution in [0.4, 0.5) is 0 Å². The third kappa shape index (κ3) is 4.77. The molecule has 0 unspecified atom stereocenters. The van der Waals surface area contributed by atoms with Gasteiger partial charge in [0.25, 0.3) is 0 Å². The summed E-state index contributed by atoms with van der Waals surface area (Å²) >= 11 is 0. The number of allylic oxidation sites excluding steroid dienone is 1. The normalized spacial score (nSPS) is 8.38. The van der Waals surface area contributed by atoms with Crippen LogP contribution in [0.2, 0.25) is 0 Å². The molecule has 0 radical (unpaired) electrons. The Morgan fingerprint density at radius 3 is 3.00 bits per heavy atom. The molecule has 0 aliphatic rings. The van der Waals surface area contributed by atoms with E-state index >= 15 is 0 Å². The predicted molar refractivity (Wildman–Crippen MR) is 30.9 cm³/mol. The zero-order valence-electron chi connectivity index (χ0n) is 4.50. The summed E-state index contributed by atoms with van der Waals surface area (Å²) in [6.07, 6.45) is 4.31. The second-order valence-corrected chi connectivity index (χ2v) is 1.03. The lowest BCUT2D eigenvalue weighted by atomic mass is 10.5. The van der Waals surface area contributed by atoms with Crippen LogP contribution in [0.1, 0.15) is 0 Å². The first-order chi connectivity index (χ1) is 3.91. The largest absolute Gasteiger partial charge is 0.498 e. The molecule has 0 heterocycles. The van der Waals surface area contributed by atoms with E-state index in [0.717, 1.165) is 0 Å². The Bertz CT molecular complexity index is 121. The van der Waals surface area contributed by atoms with Gasteiger partial charge in [-0.2, -0.15) is 5.26 Å². The highest BCUT2D eigenvalue weighted by Gasteiger charge is 1.67. The Balaban J connectivity index is 3.06. The van der Waals surface area contributed by atoms with Crippen LogP contribution in [0.3, 0.4) is 0 Å². The molecular weight excluding hydrogens is 102 g/mol. The Labute approximate surface area is 48.7 Å². The minimum atomic E-state index is 0.428. The van der Waals surface area contributed by atoms with Crippen LogP contribution < -0.4 is 0 Å². The average Bonchev–Trinajstić information content (AvgIpc) is 1.81. The second kappa shape index (κ2) is 5.77. The molecule has 0 atom stereocenters. The van der Waals surface area contributed by atoms with E-state index in [0.29, 0.717) is 6.61 Å². The molecule has 0 aromatic carbocycles. The van der Waals surface area contributed by atoms with E-state index < -0.39 is 0 Å². The van der Waals surface area contributed by atoms with Crippen molar-refractivity contribution in [1.29, 1.82) is 5.26 Å². The van der Waals surface area contributed by atoms with Crippen molar-refractivity contribution in [2.24, 2.45) is 0 Å². The number of rotatable bonds is 3. The van der Waals surface area contributed by atoms with Gasteiger partial charge in [0.1, 0.15) is 6.61 Å². The maximum atomic E-state index is 7.95. The van der Waals surface area contributed by atoms with Crippen molar-refractivity contribution >= 4 is 0 Å². The molecule has 0 fully saturated rings. The van der Waals surface area contributed by atoms with Gasteiger partial charge in [-0.05, 0) is 6.08 Å². The zero-order valence-corrected chi connectivity index (χ0v) is 4.50. The Kier molecular flexibility index (Phi) is 4.88. The Morgan fingerprint density at radius 1 is 1.75 bits per heavy atom. The summed E-state index contributed by atoms with van der Waals surface area (Å²) in [5.41, 5.74) is 0. The van der Waals surface area contributed by atoms with Crippen LogP contribution in [-0.2, 0) is 4.74 Å². The number of ether oxygens (including phenoxy) is 1. The van der Waals surface area contributed by atoms with Crippen molar-refractivity contribution in [2.45, 2.75) is 0 Å². The molecular formula is C6H7NO. The van der Waals surface area contributed by atoms with E-state index in [4.69, 9.17) is 5.26 Å². The fraction of sp³-hybridized carbons (Fsp3) is 0.167. The lowest BCUT2D eigenvalue weighted by molar-refractivity contribution is 0.291. The summed E-state index contributed by atoms with van der Waals surface area (Å²) in [5, 5.41) is 7.95. The molecule has 0 rings (SSSR count). The predicted octanol–water partition coefficient (Wildman–Crippen LogP) is 1.23. The Hall–Kier alpha value is -1.23. The molecule has 0 aromatic heterocycles. The Morgan fingerprint density at radius 2 is 2.50 bits per heavy atom. The molecule has 0 aromatic rings. The monoisotopic (exact) mass is 109 g/mol. The molecule has 0 N–H and O–H groups in total. The minimum Gasteiger partial charge on any atom is -0.498 e. The first kappa shape index (κ1) is 6.77. The number of nitrogens with zero attached hydrogens (tertiary/aromatic N) is 1. The highest BCUT2D eigenvalue weighted by atomic mass is 16.5. The lowest BCUT2D eigenvalue weighted by Crippen LogP contribution is -1.77. The van der Waals surface area contributed by atoms with Crippen molar-refractivity contribution in [2.75, 3.05) is 6.61 Å². The number of hydrogen-bond acceptors (Lipinski definition) is 2. The molecule has 2 nitrogen and oxygen atoms in total. The first-order valence-corrected chi connectivity index (χ1v) is 2.19. The van der Waals surface area contributed by atoms with Gasteiger partial charge >= 0.3 is 0 Å². The number of hydrogen-bond donors (Lipinski definition) is 0. The van der Waals surface area contributed by atoms with E-state index in [2.05, 4.69) is 11.3 Å². The van der Waals surface area contributed by atoms with Gasteiger partial charge in [0.15, 0.2) is 0 Å². The van der Waals surface area contributed by atoms with Gasteiger partial charge in [-0.3, -0.25) is 0 Å². The fourth-order valence-electron chi connectivity index (χ4n) is 0.224. The molecule has 0 aliphatic heterocycles. The molecule has 0 amide bonds. The zero-order chi connectivity index (χ0) is 6.24. The summed E-state index contributed by atoms with van der Waals surface area (Å²) in [6, 6.07) is 1.83. The van der Waals surface area contributed by atoms with Crippen molar-refractivity contribution in [3.63, 3.8) is 0 Å². The van der Waals surface area contributed by atoms with Gasteiger partial charge in [0, 0.05) is 6.08 Å². The first-order valence-electron chi connectivity index (χ1n) is 2.19. The summed E-state index contributed by atoms with van der Waals surface area (Å²) in [6.45, 7) is 3.75. The quantitative estimate of drug-likeness (QED) is 0.310. The second-order valence-electron chi connectivity index (χ2n) is 1.03. The van der Waals surface area contributed by atoms with Crippen molar-refractivity contribution in [3.8, 4) is 6.07 Å². The summed E-state index contributed by atoms with van der Waals surface area (Å²) in [4.78, 5) is 0. The van der Waals surface area contributed by atoms with Crippen LogP contribution in [-0.4, -0.2) is 6.61 Å². The highest BCUT2D eigenvalue weighted by Crippen LogP contribution is 1.74. The topological polar surface area (TPSA) is 33.0 Å². The maximum Gasteiger partial charge on any atom is 0.106 e. The van der Waals surface area contributed by atoms with Crippen LogP contribution in [0.15, 0.2) is 25.0 Å². The van der Waals surface area contributed by atoms with Gasteiger partial charge in [0.05, 0.1) is 12.3 Å². The standard InChI is InChI=1S/C6H7NO/c1-2-8-6-4-3-5-7/h2-4H,1,6H2. The summed E-state index contributed by atoms with van der Waals surface area (Å²) < 4.78 is 4.66. The molecule has 0 spiro atoms. The molecule has 8 heavy (non-hydrogen) atoms. The van der Waals surface area contributed by atoms with Crippen LogP contribution in [0.25, 0.3) is 0 Å². The molecule has 0 saturated carbocycles. The maximum absolute atomic E-state index is 7.95. The van der Waals surface area contributed by atoms with Crippen molar-refractivity contribution in [1.82, 2.24) is 0 Å². The van der Waals surface area contributed by atoms with Gasteiger partial charge in [0.2, 0.25) is 0 Å². The van der Waals surface area contributed by atoms with Crippen LogP contribution in [0, 0.1) is 11.3 Å². The highest BCUT2D eigenvalue weighted by molar-refractivity contribution is 5.01. The van der Waals surface area contributed by atoms with Crippen LogP contribution in [0.5, 0.6) is 0 Å². The fourth-order valence-corrected chi connectivity index (χ4v) is 0.224. The van der Waals surface area contributed by atoms with Crippen molar-refractivity contribution < 1.29 is 4.74 Å². The molecule has 42 valence electrons. The summed E-state index contributed by atoms with van der Waals surface area (Å²) in [7, 11) is 0. The van der Waals surface area contributed by atoms with Crippen molar-refractivity contribution in [3.05, 3.63) is 25.0 Å². The average molecular weight is 109 g/mol. The molecule has 0 saturated heterocycles. The summed E-state index contributed by atoms with van der Waals surface area (Å²) in [5.74, 6) is 0. The van der Waals surface area contributed by atoms with Gasteiger partial charge in [-0.15, -0.1) is 0 Å². The van der Waals surface area contributed by atoms with Crippen LogP contribution >= 0.6 is 0 Å². The molecule has 2 heteroatoms. The lowest BCUT2D eigenvalue weighted by Gasteiger charge is -1.87. The van der Waals surface area contributed by atoms with E-state index in [1.807, 2.05) is 6.07 Å². The van der Waals surface area contributed by atoms with Gasteiger partial charge < -0.3 is 4.74 Å². The van der Waals surface area contributed by atoms with Gasteiger partial charge in [-0.1, -0.05) is 6.58 Å². The minimum absolute atomic E-state index is 0.428. The molecule has 0 aliphatic carbocycles. The molecule has 0 bridgehead atoms. The van der Waals surface area contributed by atoms with E-state index in [-0.39, 0.29) is 0 Å². The third-order valence-electron chi connectivity index (χ3n) is 0.503. The third-order valence-corrected chi connectivity index (χ3v) is 0.503. The van der Waals surface area contributed by atoms with E-state index in [9.17, 15) is 0 Å².